The molecule has 1 aromatic rings. The van der Waals surface area contributed by atoms with Crippen LogP contribution in [0.1, 0.15) is 53.0 Å². The largest absolute Gasteiger partial charge is 0.388 e. The first kappa shape index (κ1) is 33.4. The lowest BCUT2D eigenvalue weighted by molar-refractivity contribution is -0.149. The van der Waals surface area contributed by atoms with Crippen LogP contribution in [0.5, 0.6) is 0 Å². The molecule has 3 atom stereocenters. The molecule has 0 aliphatic heterocycles. The van der Waals surface area contributed by atoms with Crippen LogP contribution in [0.3, 0.4) is 0 Å². The third-order valence-electron chi connectivity index (χ3n) is 5.17. The number of methoxy groups -OCH3 is 1. The van der Waals surface area contributed by atoms with Gasteiger partial charge in [-0.25, -0.2) is 11.0 Å². The van der Waals surface area contributed by atoms with Gasteiger partial charge in [0.05, 0.1) is 13.2 Å². The van der Waals surface area contributed by atoms with Crippen molar-refractivity contribution in [3.63, 3.8) is 0 Å². The fourth-order valence-electron chi connectivity index (χ4n) is 3.32. The zero-order chi connectivity index (χ0) is 28.5. The Morgan fingerprint density at radius 3 is 2.05 bits per heavy atom. The number of ether oxygens (including phenoxy) is 2. The second-order valence-electron chi connectivity index (χ2n) is 8.63. The van der Waals surface area contributed by atoms with Crippen LogP contribution in [-0.2, 0) is 23.9 Å². The lowest BCUT2D eigenvalue weighted by Crippen LogP contribution is -2.45. The average molecular weight is 544 g/mol. The smallest absolute Gasteiger partial charge is 0.274 e. The third-order valence-corrected chi connectivity index (χ3v) is 5.17. The molecule has 0 aromatic heterocycles. The monoisotopic (exact) mass is 543 g/mol. The molecule has 0 radical (unpaired) electrons. The summed E-state index contributed by atoms with van der Waals surface area (Å²) in [5, 5.41) is 30.1. The van der Waals surface area contributed by atoms with Crippen molar-refractivity contribution >= 4 is 17.7 Å². The number of rotatable bonds is 19. The van der Waals surface area contributed by atoms with E-state index in [2.05, 4.69) is 5.48 Å². The molecule has 5 N–H and O–H groups in total. The molecule has 3 amide bonds. The number of hydrogen-bond acceptors (Lipinski definition) is 10. The van der Waals surface area contributed by atoms with Gasteiger partial charge < -0.3 is 29.7 Å². The summed E-state index contributed by atoms with van der Waals surface area (Å²) in [6.07, 6.45) is -3.24. The molecule has 0 heterocycles. The second kappa shape index (κ2) is 18.6. The number of benzene rings is 1. The topological polar surface area (TPSA) is 176 Å². The van der Waals surface area contributed by atoms with Gasteiger partial charge in [0, 0.05) is 31.3 Å². The predicted octanol–water partition coefficient (Wildman–Crippen LogP) is -0.288. The van der Waals surface area contributed by atoms with Crippen molar-refractivity contribution in [3.05, 3.63) is 34.9 Å². The van der Waals surface area contributed by atoms with E-state index in [-0.39, 0.29) is 24.7 Å². The summed E-state index contributed by atoms with van der Waals surface area (Å²) in [6.45, 7) is 6.12. The Kier molecular flexibility index (Phi) is 16.3. The minimum atomic E-state index is -1.70. The molecule has 1 rings (SSSR count). The molecule has 0 saturated heterocycles. The highest BCUT2D eigenvalue weighted by Gasteiger charge is 2.26. The van der Waals surface area contributed by atoms with E-state index in [4.69, 9.17) is 19.1 Å². The van der Waals surface area contributed by atoms with Crippen LogP contribution in [0.4, 0.5) is 0 Å². The van der Waals surface area contributed by atoms with Gasteiger partial charge in [0.25, 0.3) is 17.7 Å². The number of carbonyl (C=O) groups is 3. The second-order valence-corrected chi connectivity index (χ2v) is 8.63. The van der Waals surface area contributed by atoms with Crippen molar-refractivity contribution < 1.29 is 48.9 Å². The maximum absolute atomic E-state index is 12.9. The van der Waals surface area contributed by atoms with E-state index >= 15 is 0 Å². The van der Waals surface area contributed by atoms with Crippen LogP contribution in [-0.4, -0.2) is 109 Å². The van der Waals surface area contributed by atoms with Gasteiger partial charge in [-0.15, -0.1) is 0 Å². The fourth-order valence-corrected chi connectivity index (χ4v) is 3.32. The molecule has 13 nitrogen and oxygen atoms in total. The molecule has 1 unspecified atom stereocenters. The van der Waals surface area contributed by atoms with Crippen molar-refractivity contribution in [1.82, 2.24) is 15.9 Å². The van der Waals surface area contributed by atoms with Gasteiger partial charge in [0.2, 0.25) is 0 Å². The molecule has 0 spiro atoms. The standard InChI is InChI=1S/C25H41N3O10/c1-5-7-28(8-6-2)25(34)19-12-17(3)11-18(13-19)24(33)27-38-15-21(30)23(32)20(29)14-37-26-22(31)16-36-10-9-35-4/h11-13,20-21,23,29-30,32H,5-10,14-16H2,1-4H3,(H,26,31)(H,27,33)/t20?,21-,23+/m0/s1. The molecule has 13 heteroatoms. The Hall–Kier alpha value is -2.65. The van der Waals surface area contributed by atoms with Crippen LogP contribution < -0.4 is 11.0 Å². The zero-order valence-corrected chi connectivity index (χ0v) is 22.5. The van der Waals surface area contributed by atoms with E-state index in [9.17, 15) is 29.7 Å². The third kappa shape index (κ3) is 12.3. The molecular weight excluding hydrogens is 502 g/mol. The highest BCUT2D eigenvalue weighted by atomic mass is 16.7. The van der Waals surface area contributed by atoms with Crippen molar-refractivity contribution in [3.8, 4) is 0 Å². The summed E-state index contributed by atoms with van der Waals surface area (Å²) in [5.41, 5.74) is 5.46. The zero-order valence-electron chi connectivity index (χ0n) is 22.5. The van der Waals surface area contributed by atoms with E-state index in [1.165, 1.54) is 13.2 Å². The first-order valence-corrected chi connectivity index (χ1v) is 12.5. The SMILES string of the molecule is CCCN(CCC)C(=O)c1cc(C)cc(C(=O)NOC[C@H](O)[C@H](O)C(O)CONC(=O)COCCOC)c1. The van der Waals surface area contributed by atoms with Crippen LogP contribution >= 0.6 is 0 Å². The highest BCUT2D eigenvalue weighted by molar-refractivity contribution is 5.99. The number of hydroxylamine groups is 2. The first-order chi connectivity index (χ1) is 18.1. The Labute approximate surface area is 222 Å². The van der Waals surface area contributed by atoms with Crippen LogP contribution in [0.25, 0.3) is 0 Å². The normalized spacial score (nSPS) is 13.4. The van der Waals surface area contributed by atoms with Gasteiger partial charge in [0.1, 0.15) is 38.1 Å². The number of carbonyl (C=O) groups excluding carboxylic acids is 3. The van der Waals surface area contributed by atoms with Gasteiger partial charge in [-0.05, 0) is 43.5 Å². The predicted molar refractivity (Wildman–Crippen MR) is 136 cm³/mol. The van der Waals surface area contributed by atoms with Gasteiger partial charge in [-0.2, -0.15) is 0 Å². The summed E-state index contributed by atoms with van der Waals surface area (Å²) < 4.78 is 9.76. The highest BCUT2D eigenvalue weighted by Crippen LogP contribution is 2.13. The minimum Gasteiger partial charge on any atom is -0.388 e. The number of aliphatic hydroxyl groups is 3. The maximum Gasteiger partial charge on any atom is 0.274 e. The lowest BCUT2D eigenvalue weighted by Gasteiger charge is -2.23. The van der Waals surface area contributed by atoms with Crippen LogP contribution in [0.15, 0.2) is 18.2 Å². The number of nitrogens with one attached hydrogen (secondary N) is 2. The van der Waals surface area contributed by atoms with Gasteiger partial charge in [0.15, 0.2) is 0 Å². The molecule has 216 valence electrons. The Morgan fingerprint density at radius 1 is 0.895 bits per heavy atom. The molecule has 0 aliphatic carbocycles. The van der Waals surface area contributed by atoms with E-state index in [1.807, 2.05) is 19.3 Å². The molecule has 0 saturated carbocycles. The summed E-state index contributed by atoms with van der Waals surface area (Å²) in [4.78, 5) is 48.5. The summed E-state index contributed by atoms with van der Waals surface area (Å²) in [5.74, 6) is -1.43. The van der Waals surface area contributed by atoms with Crippen molar-refractivity contribution in [2.75, 3.05) is 53.2 Å². The van der Waals surface area contributed by atoms with Gasteiger partial charge >= 0.3 is 0 Å². The van der Waals surface area contributed by atoms with Crippen LogP contribution in [0.2, 0.25) is 0 Å². The van der Waals surface area contributed by atoms with Crippen molar-refractivity contribution in [1.29, 1.82) is 0 Å². The fraction of sp³-hybridized carbons (Fsp3) is 0.640. The first-order valence-electron chi connectivity index (χ1n) is 12.5. The quantitative estimate of drug-likeness (QED) is 0.115. The average Bonchev–Trinajstić information content (AvgIpc) is 2.89. The Bertz CT molecular complexity index is 864. The number of aliphatic hydroxyl groups excluding tert-OH is 3. The molecule has 38 heavy (non-hydrogen) atoms. The number of aryl methyl sites for hydroxylation is 1. The Morgan fingerprint density at radius 2 is 1.47 bits per heavy atom. The molecule has 0 aliphatic rings. The molecule has 0 bridgehead atoms. The number of hydrogen-bond donors (Lipinski definition) is 5. The van der Waals surface area contributed by atoms with Crippen molar-refractivity contribution in [2.45, 2.75) is 51.9 Å². The van der Waals surface area contributed by atoms with E-state index in [0.29, 0.717) is 30.8 Å². The summed E-state index contributed by atoms with van der Waals surface area (Å²) >= 11 is 0. The van der Waals surface area contributed by atoms with Gasteiger partial charge in [-0.1, -0.05) is 13.8 Å². The molecule has 0 fully saturated rings. The van der Waals surface area contributed by atoms with Crippen LogP contribution in [0, 0.1) is 6.92 Å². The molecule has 1 aromatic carbocycles. The summed E-state index contributed by atoms with van der Waals surface area (Å²) in [6, 6.07) is 4.76. The van der Waals surface area contributed by atoms with E-state index in [0.717, 1.165) is 12.8 Å². The summed E-state index contributed by atoms with van der Waals surface area (Å²) in [7, 11) is 1.49. The van der Waals surface area contributed by atoms with E-state index < -0.39 is 43.3 Å². The minimum absolute atomic E-state index is 0.170. The Balaban J connectivity index is 2.52. The lowest BCUT2D eigenvalue weighted by atomic mass is 10.0. The van der Waals surface area contributed by atoms with Gasteiger partial charge in [-0.3, -0.25) is 24.1 Å². The maximum atomic E-state index is 12.9. The van der Waals surface area contributed by atoms with Crippen molar-refractivity contribution in [2.24, 2.45) is 0 Å². The number of nitrogens with zero attached hydrogens (tertiary/aromatic N) is 1. The molecular formula is C25H41N3O10. The van der Waals surface area contributed by atoms with E-state index in [1.54, 1.807) is 24.0 Å². The number of amides is 3.